The third-order valence-electron chi connectivity index (χ3n) is 3.86. The molecule has 1 aromatic heterocycles. The molecule has 0 atom stereocenters. The molecule has 3 aromatic carbocycles. The van der Waals surface area contributed by atoms with E-state index >= 15 is 0 Å². The number of hydrogen-bond donors (Lipinski definition) is 0. The van der Waals surface area contributed by atoms with Gasteiger partial charge in [0.25, 0.3) is 0 Å². The molecule has 4 aromatic rings. The molecule has 0 aliphatic rings. The van der Waals surface area contributed by atoms with Crippen LogP contribution in [-0.4, -0.2) is 4.98 Å². The average molecular weight is 331 g/mol. The molecular weight excluding hydrogens is 320 g/mol. The number of oxazole rings is 1. The molecule has 114 valence electrons. The summed E-state index contributed by atoms with van der Waals surface area (Å²) >= 11 is 6.30. The van der Waals surface area contributed by atoms with Gasteiger partial charge in [-0.3, -0.25) is 0 Å². The van der Waals surface area contributed by atoms with E-state index in [1.807, 2.05) is 60.7 Å². The highest BCUT2D eigenvalue weighted by Crippen LogP contribution is 2.32. The van der Waals surface area contributed by atoms with Crippen molar-refractivity contribution < 1.29 is 4.42 Å². The van der Waals surface area contributed by atoms with Crippen molar-refractivity contribution in [1.29, 1.82) is 5.26 Å². The van der Waals surface area contributed by atoms with Crippen LogP contribution in [0.2, 0.25) is 5.02 Å². The van der Waals surface area contributed by atoms with Gasteiger partial charge in [-0.15, -0.1) is 0 Å². The summed E-state index contributed by atoms with van der Waals surface area (Å²) in [5, 5.41) is 9.56. The zero-order valence-corrected chi connectivity index (χ0v) is 13.3. The van der Waals surface area contributed by atoms with E-state index in [-0.39, 0.29) is 0 Å². The summed E-state index contributed by atoms with van der Waals surface area (Å²) in [6, 6.07) is 23.0. The summed E-state index contributed by atoms with van der Waals surface area (Å²) in [7, 11) is 0. The average Bonchev–Trinajstić information content (AvgIpc) is 3.06. The van der Waals surface area contributed by atoms with Gasteiger partial charge in [-0.25, -0.2) is 4.98 Å². The molecule has 0 radical (unpaired) electrons. The number of hydrogen-bond acceptors (Lipinski definition) is 3. The maximum Gasteiger partial charge on any atom is 0.227 e. The second kappa shape index (κ2) is 5.84. The number of benzene rings is 3. The fourth-order valence-corrected chi connectivity index (χ4v) is 2.91. The number of aromatic nitrogens is 1. The lowest BCUT2D eigenvalue weighted by atomic mass is 10.0. The van der Waals surface area contributed by atoms with E-state index in [1.165, 1.54) is 0 Å². The molecule has 3 nitrogen and oxygen atoms in total. The van der Waals surface area contributed by atoms with E-state index in [4.69, 9.17) is 21.3 Å². The van der Waals surface area contributed by atoms with E-state index in [0.29, 0.717) is 16.5 Å². The lowest BCUT2D eigenvalue weighted by Crippen LogP contribution is -1.84. The molecule has 0 spiro atoms. The van der Waals surface area contributed by atoms with Gasteiger partial charge in [-0.1, -0.05) is 48.0 Å². The van der Waals surface area contributed by atoms with Crippen molar-refractivity contribution in [1.82, 2.24) is 4.98 Å². The first-order valence-electron chi connectivity index (χ1n) is 7.41. The van der Waals surface area contributed by atoms with Crippen LogP contribution in [0.3, 0.4) is 0 Å². The normalized spacial score (nSPS) is 10.7. The third kappa shape index (κ3) is 2.44. The van der Waals surface area contributed by atoms with Crippen LogP contribution in [0.25, 0.3) is 33.7 Å². The van der Waals surface area contributed by atoms with Crippen LogP contribution in [0.1, 0.15) is 5.56 Å². The van der Waals surface area contributed by atoms with Crippen LogP contribution in [0.15, 0.2) is 71.1 Å². The molecule has 0 saturated heterocycles. The summed E-state index contributed by atoms with van der Waals surface area (Å²) in [6.45, 7) is 0. The summed E-state index contributed by atoms with van der Waals surface area (Å²) in [4.78, 5) is 4.49. The Hall–Kier alpha value is -3.09. The number of fused-ring (bicyclic) bond motifs is 1. The minimum Gasteiger partial charge on any atom is -0.436 e. The molecule has 0 fully saturated rings. The Labute approximate surface area is 143 Å². The fourth-order valence-electron chi connectivity index (χ4n) is 2.63. The van der Waals surface area contributed by atoms with Crippen molar-refractivity contribution in [2.75, 3.05) is 0 Å². The van der Waals surface area contributed by atoms with Crippen molar-refractivity contribution in [2.45, 2.75) is 0 Å². The first-order chi connectivity index (χ1) is 11.8. The van der Waals surface area contributed by atoms with Crippen LogP contribution < -0.4 is 0 Å². The molecule has 0 aliphatic carbocycles. The van der Waals surface area contributed by atoms with Gasteiger partial charge in [0, 0.05) is 11.1 Å². The van der Waals surface area contributed by atoms with Crippen LogP contribution in [0.4, 0.5) is 0 Å². The molecule has 0 saturated carbocycles. The van der Waals surface area contributed by atoms with Gasteiger partial charge in [0.05, 0.1) is 10.6 Å². The van der Waals surface area contributed by atoms with Gasteiger partial charge >= 0.3 is 0 Å². The number of rotatable bonds is 2. The maximum atomic E-state index is 9.10. The van der Waals surface area contributed by atoms with E-state index in [9.17, 15) is 0 Å². The Bertz CT molecular complexity index is 1040. The summed E-state index contributed by atoms with van der Waals surface area (Å²) in [5.74, 6) is 0.583. The lowest BCUT2D eigenvalue weighted by molar-refractivity contribution is 0.620. The first kappa shape index (κ1) is 14.5. The van der Waals surface area contributed by atoms with Gasteiger partial charge in [0.1, 0.15) is 11.6 Å². The molecule has 24 heavy (non-hydrogen) atoms. The molecule has 0 unspecified atom stereocenters. The van der Waals surface area contributed by atoms with E-state index in [0.717, 1.165) is 27.8 Å². The van der Waals surface area contributed by atoms with E-state index in [1.54, 1.807) is 6.07 Å². The molecule has 1 heterocycles. The Morgan fingerprint density at radius 2 is 1.62 bits per heavy atom. The highest BCUT2D eigenvalue weighted by atomic mass is 35.5. The van der Waals surface area contributed by atoms with Crippen molar-refractivity contribution >= 4 is 22.7 Å². The lowest BCUT2D eigenvalue weighted by Gasteiger charge is -2.06. The molecule has 0 N–H and O–H groups in total. The summed E-state index contributed by atoms with van der Waals surface area (Å²) in [5.41, 5.74) is 4.74. The maximum absolute atomic E-state index is 9.10. The zero-order chi connectivity index (χ0) is 16.5. The SMILES string of the molecule is N#Cc1cccc(-c2ccc(-c3nc4ccccc4o3)cc2)c1Cl. The van der Waals surface area contributed by atoms with Gasteiger partial charge in [0.15, 0.2) is 5.58 Å². The van der Waals surface area contributed by atoms with Crippen molar-refractivity contribution in [3.8, 4) is 28.7 Å². The molecule has 4 rings (SSSR count). The van der Waals surface area contributed by atoms with Crippen LogP contribution in [0.5, 0.6) is 0 Å². The van der Waals surface area contributed by atoms with Crippen molar-refractivity contribution in [2.24, 2.45) is 0 Å². The minimum absolute atomic E-state index is 0.467. The Balaban J connectivity index is 1.74. The van der Waals surface area contributed by atoms with Crippen molar-refractivity contribution in [3.63, 3.8) is 0 Å². The number of halogens is 1. The molecule has 4 heteroatoms. The van der Waals surface area contributed by atoms with Gasteiger partial charge < -0.3 is 4.42 Å². The smallest absolute Gasteiger partial charge is 0.227 e. The van der Waals surface area contributed by atoms with Gasteiger partial charge in [0.2, 0.25) is 5.89 Å². The molecular formula is C20H11ClN2O. The third-order valence-corrected chi connectivity index (χ3v) is 4.26. The highest BCUT2D eigenvalue weighted by molar-refractivity contribution is 6.34. The second-order valence-electron chi connectivity index (χ2n) is 5.34. The predicted octanol–water partition coefficient (Wildman–Crippen LogP) is 5.69. The van der Waals surface area contributed by atoms with Gasteiger partial charge in [-0.2, -0.15) is 5.26 Å². The van der Waals surface area contributed by atoms with Gasteiger partial charge in [-0.05, 0) is 35.9 Å². The van der Waals surface area contributed by atoms with E-state index < -0.39 is 0 Å². The van der Waals surface area contributed by atoms with Crippen LogP contribution in [0, 0.1) is 11.3 Å². The Morgan fingerprint density at radius 3 is 2.38 bits per heavy atom. The monoisotopic (exact) mass is 330 g/mol. The number of nitriles is 1. The first-order valence-corrected chi connectivity index (χ1v) is 7.79. The van der Waals surface area contributed by atoms with Crippen LogP contribution >= 0.6 is 11.6 Å². The molecule has 0 bridgehead atoms. The van der Waals surface area contributed by atoms with Crippen molar-refractivity contribution in [3.05, 3.63) is 77.3 Å². The highest BCUT2D eigenvalue weighted by Gasteiger charge is 2.10. The summed E-state index contributed by atoms with van der Waals surface area (Å²) in [6.07, 6.45) is 0. The Kier molecular flexibility index (Phi) is 3.53. The number of nitrogens with zero attached hydrogens (tertiary/aromatic N) is 2. The fraction of sp³-hybridized carbons (Fsp3) is 0. The topological polar surface area (TPSA) is 49.8 Å². The van der Waals surface area contributed by atoms with E-state index in [2.05, 4.69) is 11.1 Å². The second-order valence-corrected chi connectivity index (χ2v) is 5.72. The standard InChI is InChI=1S/C20H11ClN2O/c21-19-15(12-22)4-3-5-16(19)13-8-10-14(11-9-13)20-23-17-6-1-2-7-18(17)24-20/h1-11H. The largest absolute Gasteiger partial charge is 0.436 e. The summed E-state index contributed by atoms with van der Waals surface area (Å²) < 4.78 is 5.78. The quantitative estimate of drug-likeness (QED) is 0.474. The van der Waals surface area contributed by atoms with Crippen LogP contribution in [-0.2, 0) is 0 Å². The predicted molar refractivity (Wildman–Crippen MR) is 94.6 cm³/mol. The molecule has 0 amide bonds. The molecule has 0 aliphatic heterocycles. The zero-order valence-electron chi connectivity index (χ0n) is 12.5. The Morgan fingerprint density at radius 1 is 0.875 bits per heavy atom. The number of para-hydroxylation sites is 2. The minimum atomic E-state index is 0.467.